The van der Waals surface area contributed by atoms with Crippen molar-refractivity contribution >= 4 is 33.1 Å². The first kappa shape index (κ1) is 35.8. The number of aromatic nitrogens is 1. The molecule has 0 amide bonds. The van der Waals surface area contributed by atoms with Gasteiger partial charge < -0.3 is 24.1 Å². The number of ether oxygens (including phenoxy) is 4. The summed E-state index contributed by atoms with van der Waals surface area (Å²) in [6.45, 7) is 12.4. The number of rotatable bonds is 10. The maximum Gasteiger partial charge on any atom is 0.268 e. The standard InChI is InChI=1S/C41H49NO7S/c1-26(2)9-14-31-24-33-34(42(31)50(44,45)32-15-10-27(3)11-16-32)20-29(21-35(33)48-25-46-7)13-12-28-19-30-23-37-40(4,5)38(43)17-18-41(37,6)49-39(30)36(22-28)47-8/h9-13,15-16,19-22,24,37-38,43H,14,17-18,23,25H2,1-8H3/b13-12+/t37?,38-,41-/m1/s1. The molecule has 0 bridgehead atoms. The van der Waals surface area contributed by atoms with Gasteiger partial charge in [-0.05, 0) is 112 Å². The summed E-state index contributed by atoms with van der Waals surface area (Å²) in [5, 5.41) is 11.6. The number of hydrogen-bond acceptors (Lipinski definition) is 7. The second kappa shape index (κ2) is 13.6. The molecule has 6 rings (SSSR count). The van der Waals surface area contributed by atoms with E-state index >= 15 is 0 Å². The van der Waals surface area contributed by atoms with E-state index in [2.05, 4.69) is 26.8 Å². The molecule has 1 aromatic heterocycles. The largest absolute Gasteiger partial charge is 0.493 e. The van der Waals surface area contributed by atoms with Crippen LogP contribution in [0.1, 0.15) is 75.4 Å². The first-order chi connectivity index (χ1) is 23.7. The van der Waals surface area contributed by atoms with E-state index in [4.69, 9.17) is 18.9 Å². The number of fused-ring (bicyclic) bond motifs is 3. The van der Waals surface area contributed by atoms with Crippen LogP contribution in [0, 0.1) is 18.3 Å². The predicted octanol–water partition coefficient (Wildman–Crippen LogP) is 8.35. The fourth-order valence-electron chi connectivity index (χ4n) is 7.65. The topological polar surface area (TPSA) is 96.2 Å². The van der Waals surface area contributed by atoms with Gasteiger partial charge in [-0.15, -0.1) is 0 Å². The van der Waals surface area contributed by atoms with Crippen LogP contribution in [0.2, 0.25) is 0 Å². The van der Waals surface area contributed by atoms with Crippen LogP contribution in [0.5, 0.6) is 17.2 Å². The van der Waals surface area contributed by atoms with Gasteiger partial charge in [-0.2, -0.15) is 0 Å². The van der Waals surface area contributed by atoms with E-state index in [0.717, 1.165) is 46.4 Å². The maximum absolute atomic E-state index is 14.3. The second-order valence-electron chi connectivity index (χ2n) is 14.8. The molecule has 0 spiro atoms. The van der Waals surface area contributed by atoms with Crippen molar-refractivity contribution < 1.29 is 32.5 Å². The molecule has 266 valence electrons. The molecule has 3 atom stereocenters. The summed E-state index contributed by atoms with van der Waals surface area (Å²) in [5.41, 5.74) is 5.22. The summed E-state index contributed by atoms with van der Waals surface area (Å²) in [7, 11) is -0.752. The number of aliphatic hydroxyl groups is 1. The molecule has 1 N–H and O–H groups in total. The van der Waals surface area contributed by atoms with E-state index in [9.17, 15) is 13.5 Å². The highest BCUT2D eigenvalue weighted by Gasteiger charge is 2.54. The Bertz CT molecular complexity index is 2070. The molecule has 3 aromatic carbocycles. The van der Waals surface area contributed by atoms with Crippen molar-refractivity contribution in [2.24, 2.45) is 11.3 Å². The molecule has 1 unspecified atom stereocenters. The van der Waals surface area contributed by atoms with Crippen molar-refractivity contribution in [1.82, 2.24) is 3.97 Å². The third kappa shape index (κ3) is 6.59. The van der Waals surface area contributed by atoms with E-state index in [1.807, 2.05) is 75.4 Å². The molecule has 1 fully saturated rings. The van der Waals surface area contributed by atoms with Gasteiger partial charge in [-0.1, -0.05) is 55.3 Å². The molecule has 9 heteroatoms. The van der Waals surface area contributed by atoms with E-state index in [0.29, 0.717) is 40.9 Å². The number of allylic oxidation sites excluding steroid dienone is 2. The molecular formula is C41H49NO7S. The second-order valence-corrected chi connectivity index (χ2v) is 16.6. The fourth-order valence-corrected chi connectivity index (χ4v) is 9.18. The molecule has 0 saturated heterocycles. The van der Waals surface area contributed by atoms with Crippen molar-refractivity contribution in [3.05, 3.63) is 94.2 Å². The Kier molecular flexibility index (Phi) is 9.72. The quantitative estimate of drug-likeness (QED) is 0.101. The summed E-state index contributed by atoms with van der Waals surface area (Å²) in [4.78, 5) is 0.215. The SMILES string of the molecule is COCOc1cc(/C=C/c2cc3c(c(OC)c2)O[C@]2(C)CC[C@@H](O)C(C)(C)C2C3)cc2c1cc(CC=C(C)C)n2S(=O)(=O)c1ccc(C)cc1. The van der Waals surface area contributed by atoms with Crippen LogP contribution in [0.4, 0.5) is 0 Å². The van der Waals surface area contributed by atoms with Gasteiger partial charge in [0.2, 0.25) is 0 Å². The maximum atomic E-state index is 14.3. The summed E-state index contributed by atoms with van der Waals surface area (Å²) >= 11 is 0. The first-order valence-electron chi connectivity index (χ1n) is 17.2. The minimum absolute atomic E-state index is 0.00855. The monoisotopic (exact) mass is 699 g/mol. The van der Waals surface area contributed by atoms with Gasteiger partial charge >= 0.3 is 0 Å². The highest BCUT2D eigenvalue weighted by molar-refractivity contribution is 7.90. The lowest BCUT2D eigenvalue weighted by molar-refractivity contribution is -0.138. The minimum atomic E-state index is -3.96. The Hall–Kier alpha value is -4.05. The zero-order chi connectivity index (χ0) is 36.0. The Balaban J connectivity index is 1.46. The molecule has 8 nitrogen and oxygen atoms in total. The van der Waals surface area contributed by atoms with Gasteiger partial charge in [0.1, 0.15) is 11.4 Å². The molecule has 1 aliphatic heterocycles. The highest BCUT2D eigenvalue weighted by atomic mass is 32.2. The van der Waals surface area contributed by atoms with Crippen LogP contribution in [0.15, 0.2) is 71.1 Å². The van der Waals surface area contributed by atoms with Gasteiger partial charge in [0.15, 0.2) is 18.3 Å². The Morgan fingerprint density at radius 1 is 1.00 bits per heavy atom. The van der Waals surface area contributed by atoms with E-state index in [1.165, 1.54) is 3.97 Å². The van der Waals surface area contributed by atoms with Gasteiger partial charge in [0.25, 0.3) is 10.0 Å². The van der Waals surface area contributed by atoms with Gasteiger partial charge in [0, 0.05) is 30.5 Å². The van der Waals surface area contributed by atoms with E-state index in [-0.39, 0.29) is 23.0 Å². The summed E-state index contributed by atoms with van der Waals surface area (Å²) in [5.74, 6) is 2.07. The van der Waals surface area contributed by atoms with Crippen molar-refractivity contribution in [2.45, 2.75) is 83.8 Å². The van der Waals surface area contributed by atoms with Crippen LogP contribution in [-0.4, -0.2) is 50.2 Å². The van der Waals surface area contributed by atoms with Crippen molar-refractivity contribution in [1.29, 1.82) is 0 Å². The van der Waals surface area contributed by atoms with Crippen molar-refractivity contribution in [3.8, 4) is 17.2 Å². The van der Waals surface area contributed by atoms with Crippen LogP contribution >= 0.6 is 0 Å². The number of benzene rings is 3. The number of hydrogen-bond donors (Lipinski definition) is 1. The minimum Gasteiger partial charge on any atom is -0.493 e. The number of aliphatic hydroxyl groups excluding tert-OH is 1. The Morgan fingerprint density at radius 2 is 1.68 bits per heavy atom. The van der Waals surface area contributed by atoms with Gasteiger partial charge in [-0.3, -0.25) is 0 Å². The third-order valence-corrected chi connectivity index (χ3v) is 12.3. The first-order valence-corrected chi connectivity index (χ1v) is 18.6. The number of aryl methyl sites for hydroxylation is 1. The smallest absolute Gasteiger partial charge is 0.268 e. The summed E-state index contributed by atoms with van der Waals surface area (Å²) in [6.07, 6.45) is 8.24. The lowest BCUT2D eigenvalue weighted by Crippen LogP contribution is -2.58. The molecule has 0 radical (unpaired) electrons. The molecule has 1 saturated carbocycles. The Labute approximate surface area is 296 Å². The molecule has 50 heavy (non-hydrogen) atoms. The van der Waals surface area contributed by atoms with Gasteiger partial charge in [0.05, 0.1) is 23.6 Å². The van der Waals surface area contributed by atoms with Crippen LogP contribution in [-0.2, 0) is 27.6 Å². The molecular weight excluding hydrogens is 651 g/mol. The average molecular weight is 700 g/mol. The van der Waals surface area contributed by atoms with Crippen LogP contribution < -0.4 is 14.2 Å². The lowest BCUT2D eigenvalue weighted by atomic mass is 9.57. The summed E-state index contributed by atoms with van der Waals surface area (Å²) < 4.78 is 54.0. The molecule has 2 aliphatic rings. The predicted molar refractivity (Wildman–Crippen MR) is 199 cm³/mol. The molecule has 1 aliphatic carbocycles. The zero-order valence-corrected chi connectivity index (χ0v) is 31.2. The zero-order valence-electron chi connectivity index (χ0n) is 30.4. The number of methoxy groups -OCH3 is 2. The highest BCUT2D eigenvalue weighted by Crippen LogP contribution is 2.55. The van der Waals surface area contributed by atoms with Crippen LogP contribution in [0.25, 0.3) is 23.1 Å². The summed E-state index contributed by atoms with van der Waals surface area (Å²) in [6, 6.07) is 16.7. The van der Waals surface area contributed by atoms with Gasteiger partial charge in [-0.25, -0.2) is 12.4 Å². The van der Waals surface area contributed by atoms with E-state index in [1.54, 1.807) is 26.4 Å². The van der Waals surface area contributed by atoms with E-state index < -0.39 is 21.7 Å². The third-order valence-electron chi connectivity index (χ3n) is 10.6. The molecule has 4 aromatic rings. The molecule has 2 heterocycles. The van der Waals surface area contributed by atoms with Crippen molar-refractivity contribution in [3.63, 3.8) is 0 Å². The Morgan fingerprint density at radius 3 is 2.34 bits per heavy atom. The lowest BCUT2D eigenvalue weighted by Gasteiger charge is -2.55. The average Bonchev–Trinajstić information content (AvgIpc) is 3.46. The fraction of sp³-hybridized carbons (Fsp3) is 0.415. The number of nitrogens with zero attached hydrogens (tertiary/aromatic N) is 1. The normalized spacial score (nSPS) is 21.4. The van der Waals surface area contributed by atoms with Crippen LogP contribution in [0.3, 0.4) is 0 Å². The van der Waals surface area contributed by atoms with Crippen molar-refractivity contribution in [2.75, 3.05) is 21.0 Å².